The van der Waals surface area contributed by atoms with Gasteiger partial charge in [-0.05, 0) is 19.9 Å². The molecule has 150 valence electrons. The molecule has 0 spiro atoms. The van der Waals surface area contributed by atoms with Crippen LogP contribution in [-0.4, -0.2) is 42.4 Å². The summed E-state index contributed by atoms with van der Waals surface area (Å²) >= 11 is 1.27. The normalized spacial score (nSPS) is 10.7. The fourth-order valence-corrected chi connectivity index (χ4v) is 2.91. The lowest BCUT2D eigenvalue weighted by atomic mass is 10.2. The lowest BCUT2D eigenvalue weighted by Gasteiger charge is -2.10. The lowest BCUT2D eigenvalue weighted by molar-refractivity contribution is -0.385. The monoisotopic (exact) mass is 408 g/mol. The molecular weight excluding hydrogens is 388 g/mol. The zero-order chi connectivity index (χ0) is 20.5. The zero-order valence-electron chi connectivity index (χ0n) is 15.6. The Morgan fingerprint density at radius 1 is 1.39 bits per heavy atom. The summed E-state index contributed by atoms with van der Waals surface area (Å²) in [5.41, 5.74) is 3.53. The number of ether oxygens (including phenoxy) is 3. The maximum atomic E-state index is 11.5. The summed E-state index contributed by atoms with van der Waals surface area (Å²) in [4.78, 5) is 26.4. The molecule has 0 saturated heterocycles. The molecule has 28 heavy (non-hydrogen) atoms. The zero-order valence-corrected chi connectivity index (χ0v) is 16.4. The second kappa shape index (κ2) is 10.2. The minimum atomic E-state index is -0.547. The van der Waals surface area contributed by atoms with E-state index < -0.39 is 4.92 Å². The first-order valence-electron chi connectivity index (χ1n) is 8.36. The van der Waals surface area contributed by atoms with E-state index >= 15 is 0 Å². The van der Waals surface area contributed by atoms with Crippen molar-refractivity contribution in [3.63, 3.8) is 0 Å². The van der Waals surface area contributed by atoms with Crippen molar-refractivity contribution in [2.75, 3.05) is 25.7 Å². The Morgan fingerprint density at radius 3 is 2.82 bits per heavy atom. The van der Waals surface area contributed by atoms with Crippen LogP contribution in [0.3, 0.4) is 0 Å². The van der Waals surface area contributed by atoms with Gasteiger partial charge in [0.25, 0.3) is 0 Å². The minimum absolute atomic E-state index is 0.0560. The summed E-state index contributed by atoms with van der Waals surface area (Å²) in [5.74, 6) is -0.0380. The topological polar surface area (TPSA) is 125 Å². The molecule has 10 nitrogen and oxygen atoms in total. The van der Waals surface area contributed by atoms with Gasteiger partial charge in [-0.3, -0.25) is 20.3 Å². The van der Waals surface area contributed by atoms with Gasteiger partial charge in [0, 0.05) is 17.0 Å². The molecule has 0 aliphatic heterocycles. The van der Waals surface area contributed by atoms with Crippen molar-refractivity contribution in [3.05, 3.63) is 38.9 Å². The maximum absolute atomic E-state index is 11.5. The van der Waals surface area contributed by atoms with E-state index in [1.807, 2.05) is 0 Å². The summed E-state index contributed by atoms with van der Waals surface area (Å²) < 4.78 is 15.4. The quantitative estimate of drug-likeness (QED) is 0.275. The molecule has 2 aromatic rings. The van der Waals surface area contributed by atoms with Crippen molar-refractivity contribution in [1.82, 2.24) is 4.98 Å². The molecule has 1 heterocycles. The van der Waals surface area contributed by atoms with Gasteiger partial charge in [-0.2, -0.15) is 5.10 Å². The fraction of sp³-hybridized carbons (Fsp3) is 0.353. The van der Waals surface area contributed by atoms with Crippen LogP contribution in [0, 0.1) is 10.1 Å². The van der Waals surface area contributed by atoms with Crippen molar-refractivity contribution in [2.24, 2.45) is 5.10 Å². The molecular formula is C17H20N4O6S. The molecule has 1 aromatic carbocycles. The molecule has 1 N–H and O–H groups in total. The fourth-order valence-electron chi connectivity index (χ4n) is 2.25. The van der Waals surface area contributed by atoms with Crippen molar-refractivity contribution in [1.29, 1.82) is 0 Å². The van der Waals surface area contributed by atoms with E-state index in [0.29, 0.717) is 29.6 Å². The summed E-state index contributed by atoms with van der Waals surface area (Å²) in [6, 6.07) is 2.93. The van der Waals surface area contributed by atoms with E-state index in [0.717, 1.165) is 0 Å². The third kappa shape index (κ3) is 5.64. The van der Waals surface area contributed by atoms with Crippen LogP contribution in [0.15, 0.2) is 22.6 Å². The Morgan fingerprint density at radius 2 is 2.18 bits per heavy atom. The number of nitrogens with zero attached hydrogens (tertiary/aromatic N) is 3. The summed E-state index contributed by atoms with van der Waals surface area (Å²) in [5, 5.41) is 17.5. The summed E-state index contributed by atoms with van der Waals surface area (Å²) in [7, 11) is 1.34. The number of hydrogen-bond donors (Lipinski definition) is 1. The van der Waals surface area contributed by atoms with Gasteiger partial charge >= 0.3 is 11.7 Å². The predicted octanol–water partition coefficient (Wildman–Crippen LogP) is 3.01. The third-order valence-corrected chi connectivity index (χ3v) is 4.11. The highest BCUT2D eigenvalue weighted by Gasteiger charge is 2.21. The molecule has 0 amide bonds. The number of thiazole rings is 1. The van der Waals surface area contributed by atoms with E-state index in [1.54, 1.807) is 25.3 Å². The minimum Gasteiger partial charge on any atom is -0.490 e. The number of methoxy groups -OCH3 is 1. The molecule has 0 saturated carbocycles. The van der Waals surface area contributed by atoms with Crippen LogP contribution < -0.4 is 14.9 Å². The number of benzene rings is 1. The van der Waals surface area contributed by atoms with Gasteiger partial charge < -0.3 is 14.2 Å². The Hall–Kier alpha value is -3.21. The van der Waals surface area contributed by atoms with E-state index in [9.17, 15) is 14.9 Å². The molecule has 0 aliphatic carbocycles. The van der Waals surface area contributed by atoms with Gasteiger partial charge in [0.2, 0.25) is 10.9 Å². The number of nitro benzene ring substituents is 1. The predicted molar refractivity (Wildman–Crippen MR) is 104 cm³/mol. The van der Waals surface area contributed by atoms with E-state index in [1.165, 1.54) is 30.7 Å². The van der Waals surface area contributed by atoms with Gasteiger partial charge in [-0.25, -0.2) is 4.98 Å². The average Bonchev–Trinajstić information content (AvgIpc) is 3.09. The number of anilines is 1. The van der Waals surface area contributed by atoms with Gasteiger partial charge in [-0.15, -0.1) is 11.3 Å². The highest BCUT2D eigenvalue weighted by molar-refractivity contribution is 7.13. The summed E-state index contributed by atoms with van der Waals surface area (Å²) in [6.45, 7) is 4.15. The number of nitro groups is 1. The number of esters is 1. The van der Waals surface area contributed by atoms with E-state index in [-0.39, 0.29) is 29.6 Å². The Balaban J connectivity index is 2.12. The second-order valence-electron chi connectivity index (χ2n) is 5.26. The number of carbonyl (C=O) groups is 1. The molecule has 0 aliphatic rings. The SMILES string of the molecule is CCOC(=O)Cc1csc(N/N=C\c2cc(OCC)c(OC)c([N+](=O)[O-])c2)n1. The van der Waals surface area contributed by atoms with Gasteiger partial charge in [0.1, 0.15) is 0 Å². The first-order valence-corrected chi connectivity index (χ1v) is 9.24. The number of hydrazone groups is 1. The molecule has 1 aromatic heterocycles. The molecule has 0 atom stereocenters. The average molecular weight is 408 g/mol. The van der Waals surface area contributed by atoms with Crippen LogP contribution in [0.4, 0.5) is 10.8 Å². The van der Waals surface area contributed by atoms with Crippen molar-refractivity contribution in [2.45, 2.75) is 20.3 Å². The first-order chi connectivity index (χ1) is 13.5. The largest absolute Gasteiger partial charge is 0.490 e. The Labute approximate surface area is 165 Å². The van der Waals surface area contributed by atoms with Crippen LogP contribution in [0.1, 0.15) is 25.1 Å². The number of hydrogen-bond acceptors (Lipinski definition) is 10. The highest BCUT2D eigenvalue weighted by atomic mass is 32.1. The molecule has 0 bridgehead atoms. The second-order valence-corrected chi connectivity index (χ2v) is 6.12. The lowest BCUT2D eigenvalue weighted by Crippen LogP contribution is -2.07. The van der Waals surface area contributed by atoms with Gasteiger partial charge in [0.15, 0.2) is 5.75 Å². The van der Waals surface area contributed by atoms with Crippen molar-refractivity contribution >= 4 is 34.3 Å². The maximum Gasteiger partial charge on any atom is 0.315 e. The van der Waals surface area contributed by atoms with Crippen LogP contribution in [0.5, 0.6) is 11.5 Å². The van der Waals surface area contributed by atoms with Crippen molar-refractivity contribution in [3.8, 4) is 11.5 Å². The Bertz CT molecular complexity index is 867. The molecule has 0 radical (unpaired) electrons. The number of rotatable bonds is 10. The van der Waals surface area contributed by atoms with E-state index in [4.69, 9.17) is 14.2 Å². The van der Waals surface area contributed by atoms with Crippen LogP contribution >= 0.6 is 11.3 Å². The smallest absolute Gasteiger partial charge is 0.315 e. The first kappa shape index (κ1) is 21.1. The molecule has 0 fully saturated rings. The number of nitrogens with one attached hydrogen (secondary N) is 1. The van der Waals surface area contributed by atoms with Crippen LogP contribution in [0.2, 0.25) is 0 Å². The van der Waals surface area contributed by atoms with Gasteiger partial charge in [-0.1, -0.05) is 0 Å². The third-order valence-electron chi connectivity index (χ3n) is 3.31. The van der Waals surface area contributed by atoms with E-state index in [2.05, 4.69) is 15.5 Å². The highest BCUT2D eigenvalue weighted by Crippen LogP contribution is 2.37. The Kier molecular flexibility index (Phi) is 7.69. The summed E-state index contributed by atoms with van der Waals surface area (Å²) in [6.07, 6.45) is 1.49. The number of carbonyl (C=O) groups excluding carboxylic acids is 1. The van der Waals surface area contributed by atoms with Crippen LogP contribution in [0.25, 0.3) is 0 Å². The van der Waals surface area contributed by atoms with Gasteiger partial charge in [0.05, 0.1) is 43.6 Å². The standard InChI is InChI=1S/C17H20N4O6S/c1-4-26-14-7-11(6-13(21(23)24)16(14)25-3)9-18-20-17-19-12(10-28-17)8-15(22)27-5-2/h6-7,9-10H,4-5,8H2,1-3H3,(H,19,20)/b18-9-. The van der Waals surface area contributed by atoms with Crippen molar-refractivity contribution < 1.29 is 23.9 Å². The van der Waals surface area contributed by atoms with Crippen LogP contribution in [-0.2, 0) is 16.0 Å². The molecule has 0 unspecified atom stereocenters. The molecule has 11 heteroatoms. The number of aromatic nitrogens is 1. The molecule has 2 rings (SSSR count).